The summed E-state index contributed by atoms with van der Waals surface area (Å²) in [5.41, 5.74) is 2.92. The second-order valence-electron chi connectivity index (χ2n) is 6.13. The summed E-state index contributed by atoms with van der Waals surface area (Å²) in [6.07, 6.45) is 0.818. The molecule has 3 rings (SSSR count). The molecule has 1 N–H and O–H groups in total. The Balaban J connectivity index is 1.75. The zero-order valence-corrected chi connectivity index (χ0v) is 14.3. The molecule has 0 amide bonds. The number of anilines is 1. The number of aryl methyl sites for hydroxylation is 2. The summed E-state index contributed by atoms with van der Waals surface area (Å²) < 4.78 is 27.3. The van der Waals surface area contributed by atoms with Gasteiger partial charge in [0.1, 0.15) is 0 Å². The quantitative estimate of drug-likeness (QED) is 0.937. The number of rotatable bonds is 4. The van der Waals surface area contributed by atoms with Gasteiger partial charge in [-0.05, 0) is 44.0 Å². The molecule has 2 aromatic carbocycles. The fraction of sp³-hybridized carbons (Fsp3) is 0.333. The van der Waals surface area contributed by atoms with E-state index in [4.69, 9.17) is 0 Å². The van der Waals surface area contributed by atoms with Crippen molar-refractivity contribution in [3.63, 3.8) is 0 Å². The van der Waals surface area contributed by atoms with Gasteiger partial charge in [0.15, 0.2) is 0 Å². The minimum absolute atomic E-state index is 0.151. The number of hydrogen-bond acceptors (Lipinski definition) is 3. The largest absolute Gasteiger partial charge is 0.381 e. The highest BCUT2D eigenvalue weighted by Crippen LogP contribution is 2.25. The molecule has 1 fully saturated rings. The van der Waals surface area contributed by atoms with Gasteiger partial charge in [0.2, 0.25) is 10.0 Å². The Kier molecular flexibility index (Phi) is 4.41. The van der Waals surface area contributed by atoms with Crippen molar-refractivity contribution in [1.82, 2.24) is 4.31 Å². The highest BCUT2D eigenvalue weighted by atomic mass is 32.2. The van der Waals surface area contributed by atoms with Crippen molar-refractivity contribution in [1.29, 1.82) is 0 Å². The second kappa shape index (κ2) is 6.34. The Hall–Kier alpha value is -1.85. The van der Waals surface area contributed by atoms with Crippen LogP contribution in [0, 0.1) is 13.8 Å². The van der Waals surface area contributed by atoms with Gasteiger partial charge in [-0.15, -0.1) is 0 Å². The Morgan fingerprint density at radius 1 is 1.09 bits per heavy atom. The molecule has 2 aromatic rings. The number of para-hydroxylation sites is 1. The van der Waals surface area contributed by atoms with E-state index in [1.54, 1.807) is 10.4 Å². The lowest BCUT2D eigenvalue weighted by Gasteiger charge is -2.19. The van der Waals surface area contributed by atoms with Crippen LogP contribution in [0.15, 0.2) is 53.4 Å². The van der Waals surface area contributed by atoms with Crippen LogP contribution in [0.1, 0.15) is 17.5 Å². The Labute approximate surface area is 138 Å². The van der Waals surface area contributed by atoms with Gasteiger partial charge in [-0.3, -0.25) is 0 Å². The van der Waals surface area contributed by atoms with Crippen LogP contribution in [0.4, 0.5) is 5.69 Å². The zero-order valence-electron chi connectivity index (χ0n) is 13.5. The Morgan fingerprint density at radius 3 is 2.52 bits per heavy atom. The summed E-state index contributed by atoms with van der Waals surface area (Å²) in [5.74, 6) is 0. The summed E-state index contributed by atoms with van der Waals surface area (Å²) in [6, 6.07) is 15.6. The van der Waals surface area contributed by atoms with Crippen LogP contribution in [0.5, 0.6) is 0 Å². The molecule has 0 bridgehead atoms. The molecule has 23 heavy (non-hydrogen) atoms. The van der Waals surface area contributed by atoms with Crippen LogP contribution in [0.25, 0.3) is 0 Å². The maximum Gasteiger partial charge on any atom is 0.243 e. The molecule has 1 unspecified atom stereocenters. The standard InChI is InChI=1S/C18H22N2O2S/c1-14-8-9-18(15(2)12-14)23(21,22)20-11-10-17(13-20)19-16-6-4-3-5-7-16/h3-9,12,17,19H,10-11,13H2,1-2H3. The minimum atomic E-state index is -3.42. The van der Waals surface area contributed by atoms with Crippen molar-refractivity contribution in [2.75, 3.05) is 18.4 Å². The molecular formula is C18H22N2O2S. The second-order valence-corrected chi connectivity index (χ2v) is 8.03. The van der Waals surface area contributed by atoms with E-state index in [1.807, 2.05) is 56.3 Å². The van der Waals surface area contributed by atoms with Crippen LogP contribution < -0.4 is 5.32 Å². The molecule has 122 valence electrons. The van der Waals surface area contributed by atoms with Crippen molar-refractivity contribution in [2.24, 2.45) is 0 Å². The van der Waals surface area contributed by atoms with E-state index in [0.29, 0.717) is 18.0 Å². The summed E-state index contributed by atoms with van der Waals surface area (Å²) in [7, 11) is -3.42. The number of nitrogens with zero attached hydrogens (tertiary/aromatic N) is 1. The number of sulfonamides is 1. The van der Waals surface area contributed by atoms with Crippen molar-refractivity contribution >= 4 is 15.7 Å². The highest BCUT2D eigenvalue weighted by molar-refractivity contribution is 7.89. The van der Waals surface area contributed by atoms with Crippen molar-refractivity contribution < 1.29 is 8.42 Å². The fourth-order valence-electron chi connectivity index (χ4n) is 3.06. The Bertz CT molecular complexity index is 788. The molecule has 1 aliphatic heterocycles. The average Bonchev–Trinajstić information content (AvgIpc) is 2.97. The summed E-state index contributed by atoms with van der Waals surface area (Å²) in [6.45, 7) is 4.89. The molecule has 1 heterocycles. The maximum atomic E-state index is 12.9. The lowest BCUT2D eigenvalue weighted by molar-refractivity contribution is 0.474. The minimum Gasteiger partial charge on any atom is -0.381 e. The van der Waals surface area contributed by atoms with Gasteiger partial charge in [-0.25, -0.2) is 8.42 Å². The van der Waals surface area contributed by atoms with Crippen LogP contribution in [0.2, 0.25) is 0 Å². The van der Waals surface area contributed by atoms with Gasteiger partial charge in [0.05, 0.1) is 4.90 Å². The van der Waals surface area contributed by atoms with E-state index in [0.717, 1.165) is 23.2 Å². The van der Waals surface area contributed by atoms with Gasteiger partial charge in [0.25, 0.3) is 0 Å². The van der Waals surface area contributed by atoms with Crippen LogP contribution in [0.3, 0.4) is 0 Å². The predicted octanol–water partition coefficient (Wildman–Crippen LogP) is 3.18. The lowest BCUT2D eigenvalue weighted by atomic mass is 10.2. The topological polar surface area (TPSA) is 49.4 Å². The first kappa shape index (κ1) is 16.0. The molecule has 0 spiro atoms. The van der Waals surface area contributed by atoms with Gasteiger partial charge in [-0.2, -0.15) is 4.31 Å². The summed E-state index contributed by atoms with van der Waals surface area (Å²) >= 11 is 0. The van der Waals surface area contributed by atoms with E-state index in [-0.39, 0.29) is 6.04 Å². The maximum absolute atomic E-state index is 12.9. The van der Waals surface area contributed by atoms with Crippen molar-refractivity contribution in [3.05, 3.63) is 59.7 Å². The first-order valence-corrected chi connectivity index (χ1v) is 9.30. The molecule has 1 atom stereocenters. The van der Waals surface area contributed by atoms with Gasteiger partial charge >= 0.3 is 0 Å². The van der Waals surface area contributed by atoms with Crippen LogP contribution in [-0.4, -0.2) is 31.9 Å². The molecule has 0 aliphatic carbocycles. The normalized spacial score (nSPS) is 19.0. The molecule has 1 aliphatic rings. The molecule has 0 radical (unpaired) electrons. The fourth-order valence-corrected chi connectivity index (χ4v) is 4.77. The monoisotopic (exact) mass is 330 g/mol. The smallest absolute Gasteiger partial charge is 0.243 e. The van der Waals surface area contributed by atoms with Crippen LogP contribution >= 0.6 is 0 Å². The summed E-state index contributed by atoms with van der Waals surface area (Å²) in [4.78, 5) is 0.420. The SMILES string of the molecule is Cc1ccc(S(=O)(=O)N2CCC(Nc3ccccc3)C2)c(C)c1. The van der Waals surface area contributed by atoms with E-state index >= 15 is 0 Å². The highest BCUT2D eigenvalue weighted by Gasteiger charge is 2.33. The molecule has 1 saturated heterocycles. The third-order valence-corrected chi connectivity index (χ3v) is 6.27. The molecular weight excluding hydrogens is 308 g/mol. The van der Waals surface area contributed by atoms with Gasteiger partial charge < -0.3 is 5.32 Å². The van der Waals surface area contributed by atoms with E-state index in [1.165, 1.54) is 0 Å². The molecule has 5 heteroatoms. The Morgan fingerprint density at radius 2 is 1.83 bits per heavy atom. The molecule has 0 aromatic heterocycles. The van der Waals surface area contributed by atoms with Gasteiger partial charge in [-0.1, -0.05) is 35.9 Å². The lowest BCUT2D eigenvalue weighted by Crippen LogP contribution is -2.32. The summed E-state index contributed by atoms with van der Waals surface area (Å²) in [5, 5.41) is 3.41. The van der Waals surface area contributed by atoms with E-state index in [2.05, 4.69) is 5.32 Å². The molecule has 4 nitrogen and oxygen atoms in total. The first-order valence-electron chi connectivity index (χ1n) is 7.86. The number of hydrogen-bond donors (Lipinski definition) is 1. The first-order chi connectivity index (χ1) is 11.0. The number of benzene rings is 2. The van der Waals surface area contributed by atoms with Gasteiger partial charge in [0, 0.05) is 24.8 Å². The third kappa shape index (κ3) is 3.41. The zero-order chi connectivity index (χ0) is 16.4. The average molecular weight is 330 g/mol. The number of nitrogens with one attached hydrogen (secondary N) is 1. The van der Waals surface area contributed by atoms with E-state index in [9.17, 15) is 8.42 Å². The molecule has 0 saturated carbocycles. The third-order valence-electron chi connectivity index (χ3n) is 4.24. The van der Waals surface area contributed by atoms with Crippen molar-refractivity contribution in [3.8, 4) is 0 Å². The van der Waals surface area contributed by atoms with Crippen molar-refractivity contribution in [2.45, 2.75) is 31.2 Å². The van der Waals surface area contributed by atoms with E-state index < -0.39 is 10.0 Å². The van der Waals surface area contributed by atoms with Crippen LogP contribution in [-0.2, 0) is 10.0 Å². The predicted molar refractivity (Wildman–Crippen MR) is 93.1 cm³/mol.